The first-order valence-corrected chi connectivity index (χ1v) is 13.8. The molecule has 0 aliphatic rings. The predicted octanol–water partition coefficient (Wildman–Crippen LogP) is 7.71. The largest absolute Gasteiger partial charge is 0.396 e. The number of benzene rings is 3. The molecule has 3 aromatic carbocycles. The van der Waals surface area contributed by atoms with E-state index < -0.39 is 21.4 Å². The summed E-state index contributed by atoms with van der Waals surface area (Å²) in [7, 11) is -4.28. The van der Waals surface area contributed by atoms with Crippen LogP contribution in [0.1, 0.15) is 40.6 Å². The number of sulfone groups is 1. The fourth-order valence-corrected chi connectivity index (χ4v) is 6.85. The van der Waals surface area contributed by atoms with Crippen LogP contribution in [-0.4, -0.2) is 14.2 Å². The molecular formula is C26H21Cl2FN2O3S2. The van der Waals surface area contributed by atoms with Crippen LogP contribution in [0.5, 0.6) is 0 Å². The van der Waals surface area contributed by atoms with Crippen molar-refractivity contribution >= 4 is 66.5 Å². The van der Waals surface area contributed by atoms with Crippen molar-refractivity contribution < 1.29 is 17.6 Å². The van der Waals surface area contributed by atoms with E-state index >= 15 is 0 Å². The number of carbonyl (C=O) groups excluding carboxylic acids is 1. The van der Waals surface area contributed by atoms with Gasteiger partial charge in [-0.15, -0.1) is 11.3 Å². The highest BCUT2D eigenvalue weighted by atomic mass is 35.5. The molecule has 0 fully saturated rings. The number of anilines is 3. The van der Waals surface area contributed by atoms with Crippen LogP contribution < -0.4 is 11.1 Å². The van der Waals surface area contributed by atoms with Crippen LogP contribution in [0.25, 0.3) is 0 Å². The molecule has 5 nitrogen and oxygen atoms in total. The van der Waals surface area contributed by atoms with Crippen LogP contribution in [0.3, 0.4) is 0 Å². The Labute approximate surface area is 222 Å². The van der Waals surface area contributed by atoms with Gasteiger partial charge in [0.25, 0.3) is 0 Å². The Balaban J connectivity index is 1.86. The third kappa shape index (κ3) is 5.13. The Hall–Kier alpha value is -2.91. The molecule has 0 bridgehead atoms. The molecule has 0 saturated heterocycles. The second-order valence-corrected chi connectivity index (χ2v) is 12.1. The number of hydrogen-bond donors (Lipinski definition) is 2. The van der Waals surface area contributed by atoms with Gasteiger partial charge < -0.3 is 11.1 Å². The number of halogens is 3. The minimum Gasteiger partial charge on any atom is -0.396 e. The zero-order valence-electron chi connectivity index (χ0n) is 19.2. The van der Waals surface area contributed by atoms with E-state index in [-0.39, 0.29) is 30.4 Å². The van der Waals surface area contributed by atoms with E-state index in [0.717, 1.165) is 35.1 Å². The van der Waals surface area contributed by atoms with Gasteiger partial charge in [-0.2, -0.15) is 0 Å². The van der Waals surface area contributed by atoms with Crippen LogP contribution in [0.15, 0.2) is 76.5 Å². The van der Waals surface area contributed by atoms with Gasteiger partial charge in [-0.1, -0.05) is 49.2 Å². The van der Waals surface area contributed by atoms with E-state index in [1.165, 1.54) is 12.1 Å². The number of nitrogen functional groups attached to an aromatic ring is 1. The minimum absolute atomic E-state index is 0.0467. The minimum atomic E-state index is -4.28. The molecule has 186 valence electrons. The topological polar surface area (TPSA) is 89.3 Å². The highest BCUT2D eigenvalue weighted by Gasteiger charge is 2.32. The molecule has 3 N–H and O–H groups in total. The fourth-order valence-electron chi connectivity index (χ4n) is 3.52. The standard InChI is InChI=1S/C26H21Cl2FN2O3S2/c1-14(2)15-5-9-18(10-6-15)31-26-25(36(33,34)19-11-12-21(29)20(28)13-19)22(30)24(35-26)23(32)16-3-7-17(27)8-4-16/h3-14,31H,30H2,1-2H3. The Kier molecular flexibility index (Phi) is 7.43. The summed E-state index contributed by atoms with van der Waals surface area (Å²) in [5, 5.41) is 3.36. The maximum atomic E-state index is 13.7. The van der Waals surface area contributed by atoms with Gasteiger partial charge >= 0.3 is 0 Å². The first-order valence-electron chi connectivity index (χ1n) is 10.8. The van der Waals surface area contributed by atoms with Gasteiger partial charge in [0.1, 0.15) is 20.6 Å². The molecule has 4 aromatic rings. The predicted molar refractivity (Wildman–Crippen MR) is 144 cm³/mol. The third-order valence-electron chi connectivity index (χ3n) is 5.52. The number of carbonyl (C=O) groups is 1. The molecule has 4 rings (SSSR count). The summed E-state index contributed by atoms with van der Waals surface area (Å²) in [5.74, 6) is -0.888. The third-order valence-corrected chi connectivity index (χ3v) is 9.14. The quantitative estimate of drug-likeness (QED) is 0.178. The van der Waals surface area contributed by atoms with Crippen molar-refractivity contribution in [3.8, 4) is 0 Å². The lowest BCUT2D eigenvalue weighted by Crippen LogP contribution is -2.08. The highest BCUT2D eigenvalue weighted by Crippen LogP contribution is 2.44. The van der Waals surface area contributed by atoms with Crippen molar-refractivity contribution in [3.05, 3.63) is 98.6 Å². The maximum Gasteiger partial charge on any atom is 0.211 e. The molecule has 0 aliphatic carbocycles. The van der Waals surface area contributed by atoms with Crippen LogP contribution in [-0.2, 0) is 9.84 Å². The first-order chi connectivity index (χ1) is 17.0. The lowest BCUT2D eigenvalue weighted by Gasteiger charge is -2.11. The van der Waals surface area contributed by atoms with Gasteiger partial charge in [0.2, 0.25) is 15.6 Å². The van der Waals surface area contributed by atoms with E-state index in [9.17, 15) is 17.6 Å². The number of rotatable bonds is 7. The van der Waals surface area contributed by atoms with Gasteiger partial charge in [-0.25, -0.2) is 12.8 Å². The molecule has 10 heteroatoms. The smallest absolute Gasteiger partial charge is 0.211 e. The van der Waals surface area contributed by atoms with E-state index in [1.54, 1.807) is 12.1 Å². The highest BCUT2D eigenvalue weighted by molar-refractivity contribution is 7.92. The Morgan fingerprint density at radius 3 is 2.22 bits per heavy atom. The number of nitrogens with two attached hydrogens (primary N) is 1. The van der Waals surface area contributed by atoms with Crippen molar-refractivity contribution in [2.75, 3.05) is 11.1 Å². The molecular weight excluding hydrogens is 542 g/mol. The van der Waals surface area contributed by atoms with Crippen molar-refractivity contribution in [1.29, 1.82) is 0 Å². The summed E-state index contributed by atoms with van der Waals surface area (Å²) in [5.41, 5.74) is 8.13. The van der Waals surface area contributed by atoms with E-state index in [0.29, 0.717) is 22.2 Å². The number of ketones is 1. The van der Waals surface area contributed by atoms with Gasteiger partial charge in [-0.3, -0.25) is 4.79 Å². The summed E-state index contributed by atoms with van der Waals surface area (Å²) < 4.78 is 41.1. The van der Waals surface area contributed by atoms with Gasteiger partial charge in [0, 0.05) is 16.3 Å². The zero-order chi connectivity index (χ0) is 26.2. The summed E-state index contributed by atoms with van der Waals surface area (Å²) in [6, 6.07) is 16.8. The van der Waals surface area contributed by atoms with Crippen molar-refractivity contribution in [2.24, 2.45) is 0 Å². The molecule has 0 saturated carbocycles. The number of hydrogen-bond acceptors (Lipinski definition) is 6. The Morgan fingerprint density at radius 1 is 1.00 bits per heavy atom. The van der Waals surface area contributed by atoms with E-state index in [4.69, 9.17) is 28.9 Å². The van der Waals surface area contributed by atoms with Crippen molar-refractivity contribution in [3.63, 3.8) is 0 Å². The van der Waals surface area contributed by atoms with Crippen LogP contribution in [0.2, 0.25) is 10.0 Å². The van der Waals surface area contributed by atoms with Gasteiger partial charge in [0.05, 0.1) is 15.6 Å². The molecule has 1 heterocycles. The molecule has 0 amide bonds. The van der Waals surface area contributed by atoms with Crippen molar-refractivity contribution in [1.82, 2.24) is 0 Å². The van der Waals surface area contributed by atoms with Crippen LogP contribution >= 0.6 is 34.5 Å². The van der Waals surface area contributed by atoms with Gasteiger partial charge in [0.15, 0.2) is 0 Å². The molecule has 0 atom stereocenters. The molecule has 0 unspecified atom stereocenters. The molecule has 36 heavy (non-hydrogen) atoms. The maximum absolute atomic E-state index is 13.7. The lowest BCUT2D eigenvalue weighted by atomic mass is 10.0. The zero-order valence-corrected chi connectivity index (χ0v) is 22.3. The summed E-state index contributed by atoms with van der Waals surface area (Å²) >= 11 is 12.7. The Bertz CT molecular complexity index is 1550. The monoisotopic (exact) mass is 562 g/mol. The summed E-state index contributed by atoms with van der Waals surface area (Å²) in [6.45, 7) is 4.13. The van der Waals surface area contributed by atoms with E-state index in [2.05, 4.69) is 19.2 Å². The average molecular weight is 564 g/mol. The SMILES string of the molecule is CC(C)c1ccc(Nc2sc(C(=O)c3ccc(Cl)cc3)c(N)c2S(=O)(=O)c2ccc(F)c(Cl)c2)cc1. The van der Waals surface area contributed by atoms with Crippen molar-refractivity contribution in [2.45, 2.75) is 29.6 Å². The second kappa shape index (κ2) is 10.2. The van der Waals surface area contributed by atoms with E-state index in [1.807, 2.05) is 24.3 Å². The Morgan fingerprint density at radius 2 is 1.64 bits per heavy atom. The molecule has 0 spiro atoms. The van der Waals surface area contributed by atoms with Gasteiger partial charge in [-0.05, 0) is 66.1 Å². The molecule has 1 aromatic heterocycles. The first kappa shape index (κ1) is 26.2. The summed E-state index contributed by atoms with van der Waals surface area (Å²) in [4.78, 5) is 12.8. The average Bonchev–Trinajstić information content (AvgIpc) is 3.17. The van der Waals surface area contributed by atoms with Crippen LogP contribution in [0, 0.1) is 5.82 Å². The molecule has 0 radical (unpaired) electrons. The number of thiophene rings is 1. The number of nitrogens with one attached hydrogen (secondary N) is 1. The molecule has 0 aliphatic heterocycles. The van der Waals surface area contributed by atoms with Crippen LogP contribution in [0.4, 0.5) is 20.8 Å². The lowest BCUT2D eigenvalue weighted by molar-refractivity contribution is 0.104. The second-order valence-electron chi connectivity index (χ2n) is 8.32. The normalized spacial score (nSPS) is 11.6. The summed E-state index contributed by atoms with van der Waals surface area (Å²) in [6.07, 6.45) is 0. The fraction of sp³-hybridized carbons (Fsp3) is 0.115.